The molecule has 0 saturated heterocycles. The van der Waals surface area contributed by atoms with Gasteiger partial charge in [-0.3, -0.25) is 14.3 Å². The van der Waals surface area contributed by atoms with E-state index in [-0.39, 0.29) is 28.6 Å². The van der Waals surface area contributed by atoms with Gasteiger partial charge in [-0.2, -0.15) is 21.6 Å². The number of anilines is 1. The number of ketones is 1. The number of aromatic carboxylic acids is 1. The fourth-order valence-electron chi connectivity index (χ4n) is 6.61. The summed E-state index contributed by atoms with van der Waals surface area (Å²) in [5.41, 5.74) is 18.7. The molecule has 8 N–H and O–H groups in total. The number of Topliss-reactive ketones (excluding diaryl/α,β-unsaturated/α-hetero) is 1. The molecule has 0 saturated carbocycles. The molecule has 0 spiro atoms. The zero-order valence-corrected chi connectivity index (χ0v) is 60.5. The standard InChI is InChI=1S/C18H17ClN2O.C10H7BrClNO.C9H6BrClN2O.C9H8ClN3O.C8H11N.C6H3BrClNO2.C3H5N.CHF3O3S/c1-12-3-5-14(6-4-12)7-8-15-9-16(19)17(20-11-15)18-21-10-13(2)22-18;1-2-3-4-9(14)10-8(12)5-7(11)6-13-10;1-5-3-13-9(14-5)8-7(11)2-6(10)4-12-8;1-5-3-13-9(14-5)8-7(10)2-6(11)4-12-8;1-7-2-4-8(6-9)5-3-7;7-3-1-4(8)5(6(10)11)9-2-3;1-2-3-4;2-1(3,4)8(5,6)7/h3-6,9-11H,7-8H2,1-2H3;1,5-6H,3-4H2;2-4H,1H3;2-4H,11H2,1H3;2-5H,6,9H2,1H3;1-2H,(H,10,11);1H,3-4H2;(H,5,6,7). The molecule has 0 unspecified atom stereocenters. The topological polar surface area (TPSA) is 329 Å². The Morgan fingerprint density at radius 2 is 0.906 bits per heavy atom. The SMILES string of the molecule is C#CCCC(=O)c1ncc(Br)cc1Cl.C#CCN.Cc1ccc(CCc2cnc(-c3ncc(C)o3)c(Cl)c2)cc1.Cc1ccc(CN)cc1.Cc1cnc(-c2ncc(Br)cc2Cl)o1.Cc1cnc(-c2ncc(N)cc2Cl)o1.O=C(O)c1ncc(Br)cc1Cl.O=S(=O)(O)C(F)(F)F. The molecule has 0 radical (unpaired) electrons. The minimum absolute atomic E-state index is 0.125. The molecule has 0 bridgehead atoms. The van der Waals surface area contributed by atoms with E-state index in [2.05, 4.69) is 168 Å². The van der Waals surface area contributed by atoms with Gasteiger partial charge in [0, 0.05) is 57.6 Å². The number of aromatic nitrogens is 8. The second-order valence-corrected chi connectivity index (χ2v) is 25.2. The van der Waals surface area contributed by atoms with E-state index in [9.17, 15) is 22.8 Å². The monoisotopic (exact) mass is 1630 g/mol. The van der Waals surface area contributed by atoms with Crippen LogP contribution in [0.1, 0.15) is 78.9 Å². The molecule has 8 aromatic heterocycles. The molecule has 2 aromatic carbocycles. The van der Waals surface area contributed by atoms with Gasteiger partial charge in [-0.05, 0) is 142 Å². The number of carboxylic acids is 1. The fraction of sp³-hybridized carbons (Fsp3) is 0.188. The number of terminal acetylenes is 2. The van der Waals surface area contributed by atoms with Crippen LogP contribution in [0.15, 0.2) is 155 Å². The molecular formula is C64H58Br3Cl5F3N11O9S. The molecule has 0 aliphatic heterocycles. The van der Waals surface area contributed by atoms with Gasteiger partial charge >= 0.3 is 21.6 Å². The van der Waals surface area contributed by atoms with Crippen molar-refractivity contribution in [3.63, 3.8) is 0 Å². The Hall–Kier alpha value is -7.61. The maximum absolute atomic E-state index is 11.5. The minimum Gasteiger partial charge on any atom is -0.476 e. The fourth-order valence-corrected chi connectivity index (χ4v) is 9.29. The van der Waals surface area contributed by atoms with Gasteiger partial charge in [0.2, 0.25) is 17.7 Å². The van der Waals surface area contributed by atoms with E-state index in [4.69, 9.17) is 113 Å². The Kier molecular flexibility index (Phi) is 35.7. The Morgan fingerprint density at radius 1 is 0.542 bits per heavy atom. The number of pyridine rings is 5. The van der Waals surface area contributed by atoms with Gasteiger partial charge in [-0.1, -0.05) is 124 Å². The number of carboxylic acid groups (broad SMARTS) is 1. The first kappa shape index (κ1) is 82.6. The molecule has 10 rings (SSSR count). The van der Waals surface area contributed by atoms with Crippen molar-refractivity contribution in [2.24, 2.45) is 11.5 Å². The summed E-state index contributed by atoms with van der Waals surface area (Å²) in [6, 6.07) is 25.3. The van der Waals surface area contributed by atoms with Crippen LogP contribution in [-0.4, -0.2) is 81.8 Å². The summed E-state index contributed by atoms with van der Waals surface area (Å²) in [5, 5.41) is 10.5. The molecule has 32 heteroatoms. The maximum atomic E-state index is 11.5. The van der Waals surface area contributed by atoms with Crippen LogP contribution in [0.4, 0.5) is 18.9 Å². The van der Waals surface area contributed by atoms with Crippen molar-refractivity contribution < 1.29 is 54.1 Å². The first-order chi connectivity index (χ1) is 45.2. The molecule has 506 valence electrons. The highest BCUT2D eigenvalue weighted by Gasteiger charge is 2.44. The molecule has 10 aromatic rings. The van der Waals surface area contributed by atoms with Crippen LogP contribution in [0, 0.1) is 59.3 Å². The molecule has 0 fully saturated rings. The molecule has 0 amide bonds. The predicted octanol–water partition coefficient (Wildman–Crippen LogP) is 17.2. The number of oxazole rings is 3. The number of aryl methyl sites for hydroxylation is 7. The molecule has 20 nitrogen and oxygen atoms in total. The number of halogens is 11. The lowest BCUT2D eigenvalue weighted by molar-refractivity contribution is -0.0510. The highest BCUT2D eigenvalue weighted by molar-refractivity contribution is 9.11. The van der Waals surface area contributed by atoms with Crippen LogP contribution in [-0.2, 0) is 29.5 Å². The number of benzene rings is 2. The van der Waals surface area contributed by atoms with Crippen molar-refractivity contribution in [3.05, 3.63) is 223 Å². The van der Waals surface area contributed by atoms with Crippen molar-refractivity contribution in [2.75, 3.05) is 12.3 Å². The number of alkyl halides is 3. The first-order valence-electron chi connectivity index (χ1n) is 27.2. The van der Waals surface area contributed by atoms with E-state index < -0.39 is 21.6 Å². The molecular weight excluding hydrogens is 1570 g/mol. The van der Waals surface area contributed by atoms with Crippen molar-refractivity contribution >= 4 is 133 Å². The Bertz CT molecular complexity index is 4280. The summed E-state index contributed by atoms with van der Waals surface area (Å²) >= 11 is 39.2. The highest BCUT2D eigenvalue weighted by atomic mass is 79.9. The maximum Gasteiger partial charge on any atom is 0.522 e. The zero-order chi connectivity index (χ0) is 71.9. The molecule has 8 heterocycles. The largest absolute Gasteiger partial charge is 0.522 e. The van der Waals surface area contributed by atoms with Crippen LogP contribution in [0.2, 0.25) is 25.1 Å². The summed E-state index contributed by atoms with van der Waals surface area (Å²) < 4.78 is 75.9. The van der Waals surface area contributed by atoms with Gasteiger partial charge in [-0.25, -0.2) is 39.7 Å². The van der Waals surface area contributed by atoms with E-state index in [0.717, 1.165) is 44.6 Å². The number of nitrogens with two attached hydrogens (primary N) is 3. The lowest BCUT2D eigenvalue weighted by Crippen LogP contribution is -2.21. The van der Waals surface area contributed by atoms with Crippen LogP contribution in [0.25, 0.3) is 34.8 Å². The molecule has 0 aliphatic rings. The summed E-state index contributed by atoms with van der Waals surface area (Å²) in [7, 11) is -5.84. The Labute approximate surface area is 601 Å². The van der Waals surface area contributed by atoms with Gasteiger partial charge in [0.05, 0.1) is 62.1 Å². The van der Waals surface area contributed by atoms with Crippen LogP contribution < -0.4 is 17.2 Å². The van der Waals surface area contributed by atoms with Crippen molar-refractivity contribution in [1.82, 2.24) is 39.9 Å². The Morgan fingerprint density at radius 3 is 1.25 bits per heavy atom. The number of hydrogen-bond donors (Lipinski definition) is 5. The second-order valence-electron chi connectivity index (χ2n) is 19.0. The van der Waals surface area contributed by atoms with E-state index in [0.29, 0.717) is 84.5 Å². The number of carbonyl (C=O) groups is 2. The molecule has 96 heavy (non-hydrogen) atoms. The van der Waals surface area contributed by atoms with Crippen molar-refractivity contribution in [1.29, 1.82) is 0 Å². The van der Waals surface area contributed by atoms with Crippen LogP contribution in [0.3, 0.4) is 0 Å². The van der Waals surface area contributed by atoms with Gasteiger partial charge in [0.15, 0.2) is 11.5 Å². The molecule has 0 aliphatic carbocycles. The average molecular weight is 1630 g/mol. The lowest BCUT2D eigenvalue weighted by atomic mass is 10.0. The van der Waals surface area contributed by atoms with Crippen LogP contribution in [0.5, 0.6) is 0 Å². The first-order valence-corrected chi connectivity index (χ1v) is 32.9. The summed E-state index contributed by atoms with van der Waals surface area (Å²) in [5.74, 6) is 6.88. The number of hydrogen-bond acceptors (Lipinski definition) is 18. The third-order valence-corrected chi connectivity index (χ3v) is 14.5. The number of nitrogen functional groups attached to an aromatic ring is 1. The quantitative estimate of drug-likeness (QED) is 0.0348. The molecule has 0 atom stereocenters. The van der Waals surface area contributed by atoms with Crippen LogP contribution >= 0.6 is 106 Å². The lowest BCUT2D eigenvalue weighted by Gasteiger charge is -2.05. The highest BCUT2D eigenvalue weighted by Crippen LogP contribution is 2.30. The van der Waals surface area contributed by atoms with E-state index >= 15 is 0 Å². The second kappa shape index (κ2) is 41.5. The van der Waals surface area contributed by atoms with Crippen molar-refractivity contribution in [2.45, 2.75) is 72.4 Å². The van der Waals surface area contributed by atoms with Gasteiger partial charge in [0.1, 0.15) is 40.1 Å². The van der Waals surface area contributed by atoms with E-state index in [1.165, 1.54) is 46.9 Å². The average Bonchev–Trinajstić information content (AvgIpc) is 1.67. The Balaban J connectivity index is 0.000000295. The van der Waals surface area contributed by atoms with Crippen molar-refractivity contribution in [3.8, 4) is 59.4 Å². The smallest absolute Gasteiger partial charge is 0.476 e. The third-order valence-electron chi connectivity index (χ3n) is 11.2. The zero-order valence-electron chi connectivity index (χ0n) is 51.1. The normalized spacial score (nSPS) is 10.3. The minimum atomic E-state index is -5.84. The number of rotatable bonds is 11. The summed E-state index contributed by atoms with van der Waals surface area (Å²) in [4.78, 5) is 54.2. The van der Waals surface area contributed by atoms with E-state index in [1.807, 2.05) is 33.0 Å². The summed E-state index contributed by atoms with van der Waals surface area (Å²) in [6.45, 7) is 10.6. The van der Waals surface area contributed by atoms with Gasteiger partial charge < -0.3 is 35.6 Å². The van der Waals surface area contributed by atoms with Gasteiger partial charge in [0.25, 0.3) is 0 Å². The predicted molar refractivity (Wildman–Crippen MR) is 377 cm³/mol. The van der Waals surface area contributed by atoms with Gasteiger partial charge in [-0.15, -0.1) is 18.8 Å². The third kappa shape index (κ3) is 29.8. The number of nitrogens with zero attached hydrogens (tertiary/aromatic N) is 8. The number of carbonyl (C=O) groups excluding carboxylic acids is 1. The van der Waals surface area contributed by atoms with E-state index in [1.54, 1.807) is 43.0 Å². The summed E-state index contributed by atoms with van der Waals surface area (Å²) in [6.07, 6.45) is 25.1.